The van der Waals surface area contributed by atoms with E-state index in [0.717, 1.165) is 19.4 Å². The van der Waals surface area contributed by atoms with E-state index >= 15 is 0 Å². The maximum Gasteiger partial charge on any atom is 0.0431 e. The number of unbranched alkanes of at least 4 members (excludes halogenated alkanes) is 2. The molecule has 0 aromatic rings. The maximum atomic E-state index is 8.45. The third-order valence-corrected chi connectivity index (χ3v) is 1.39. The van der Waals surface area contributed by atoms with E-state index in [9.17, 15) is 0 Å². The topological polar surface area (TPSA) is 32.3 Å². The van der Waals surface area contributed by atoms with Gasteiger partial charge in [-0.3, -0.25) is 0 Å². The lowest BCUT2D eigenvalue weighted by Crippen LogP contribution is -2.23. The van der Waals surface area contributed by atoms with Crippen molar-refractivity contribution in [3.8, 4) is 0 Å². The Kier molecular flexibility index (Phi) is 12.8. The molecule has 11 heavy (non-hydrogen) atoms. The minimum atomic E-state index is 0. The molecule has 0 spiro atoms. The average molecular weight is 182 g/mol. The van der Waals surface area contributed by atoms with Crippen molar-refractivity contribution >= 4 is 12.4 Å². The quantitative estimate of drug-likeness (QED) is 0.610. The number of aliphatic hydroxyl groups excluding tert-OH is 1. The van der Waals surface area contributed by atoms with E-state index < -0.39 is 0 Å². The Labute approximate surface area is 75.8 Å². The van der Waals surface area contributed by atoms with Crippen molar-refractivity contribution in [2.75, 3.05) is 13.2 Å². The van der Waals surface area contributed by atoms with E-state index in [-0.39, 0.29) is 12.4 Å². The molecule has 0 fully saturated rings. The van der Waals surface area contributed by atoms with Crippen molar-refractivity contribution in [2.24, 2.45) is 0 Å². The van der Waals surface area contributed by atoms with Crippen LogP contribution >= 0.6 is 12.4 Å². The standard InChI is InChI=1S/C8H19NO.ClH/c1-8(2)9-6-4-3-5-7-10;/h8-10H,3-7H2,1-2H3;1H. The van der Waals surface area contributed by atoms with E-state index in [4.69, 9.17) is 5.11 Å². The molecule has 2 nitrogen and oxygen atoms in total. The molecule has 0 aromatic carbocycles. The van der Waals surface area contributed by atoms with Crippen LogP contribution in [-0.2, 0) is 0 Å². The fourth-order valence-corrected chi connectivity index (χ4v) is 0.804. The van der Waals surface area contributed by atoms with Gasteiger partial charge in [0.2, 0.25) is 0 Å². The van der Waals surface area contributed by atoms with Crippen LogP contribution < -0.4 is 5.32 Å². The number of rotatable bonds is 6. The number of hydrogen-bond acceptors (Lipinski definition) is 2. The van der Waals surface area contributed by atoms with Gasteiger partial charge < -0.3 is 10.4 Å². The molecule has 0 radical (unpaired) electrons. The Bertz CT molecular complexity index is 69.1. The van der Waals surface area contributed by atoms with E-state index in [1.165, 1.54) is 6.42 Å². The zero-order valence-electron chi connectivity index (χ0n) is 7.47. The lowest BCUT2D eigenvalue weighted by atomic mass is 10.2. The molecule has 0 aliphatic heterocycles. The lowest BCUT2D eigenvalue weighted by molar-refractivity contribution is 0.282. The molecule has 0 aliphatic carbocycles. The minimum absolute atomic E-state index is 0. The predicted octanol–water partition coefficient (Wildman–Crippen LogP) is 1.57. The average Bonchev–Trinajstić information content (AvgIpc) is 1.87. The van der Waals surface area contributed by atoms with Gasteiger partial charge in [0.1, 0.15) is 0 Å². The predicted molar refractivity (Wildman–Crippen MR) is 51.3 cm³/mol. The Hall–Kier alpha value is 0.210. The highest BCUT2D eigenvalue weighted by Crippen LogP contribution is 1.92. The van der Waals surface area contributed by atoms with Crippen LogP contribution in [0.15, 0.2) is 0 Å². The lowest BCUT2D eigenvalue weighted by Gasteiger charge is -2.06. The third kappa shape index (κ3) is 13.2. The first kappa shape index (κ1) is 13.8. The van der Waals surface area contributed by atoms with Gasteiger partial charge in [-0.1, -0.05) is 13.8 Å². The Morgan fingerprint density at radius 1 is 1.18 bits per heavy atom. The highest BCUT2D eigenvalue weighted by molar-refractivity contribution is 5.85. The first-order chi connectivity index (χ1) is 4.77. The van der Waals surface area contributed by atoms with Crippen molar-refractivity contribution in [3.05, 3.63) is 0 Å². The van der Waals surface area contributed by atoms with Crippen molar-refractivity contribution in [1.82, 2.24) is 5.32 Å². The molecule has 0 saturated heterocycles. The van der Waals surface area contributed by atoms with Crippen LogP contribution in [0.5, 0.6) is 0 Å². The molecule has 3 heteroatoms. The van der Waals surface area contributed by atoms with Gasteiger partial charge in [-0.2, -0.15) is 0 Å². The largest absolute Gasteiger partial charge is 0.396 e. The molecular formula is C8H20ClNO. The molecule has 0 rings (SSSR count). The summed E-state index contributed by atoms with van der Waals surface area (Å²) in [5.74, 6) is 0. The van der Waals surface area contributed by atoms with Crippen molar-refractivity contribution in [3.63, 3.8) is 0 Å². The van der Waals surface area contributed by atoms with Gasteiger partial charge in [0.05, 0.1) is 0 Å². The summed E-state index contributed by atoms with van der Waals surface area (Å²) in [6, 6.07) is 0.592. The van der Waals surface area contributed by atoms with Crippen LogP contribution in [0.1, 0.15) is 33.1 Å². The van der Waals surface area contributed by atoms with Crippen molar-refractivity contribution in [2.45, 2.75) is 39.2 Å². The molecule has 70 valence electrons. The summed E-state index contributed by atoms with van der Waals surface area (Å²) >= 11 is 0. The van der Waals surface area contributed by atoms with Crippen LogP contribution in [0.3, 0.4) is 0 Å². The molecule has 0 atom stereocenters. The second kappa shape index (κ2) is 10.2. The van der Waals surface area contributed by atoms with Gasteiger partial charge in [-0.25, -0.2) is 0 Å². The molecule has 0 heterocycles. The molecule has 0 aliphatic rings. The molecule has 0 bridgehead atoms. The normalized spacial score (nSPS) is 9.82. The fraction of sp³-hybridized carbons (Fsp3) is 1.00. The van der Waals surface area contributed by atoms with Crippen LogP contribution in [-0.4, -0.2) is 24.3 Å². The highest BCUT2D eigenvalue weighted by atomic mass is 35.5. The fourth-order valence-electron chi connectivity index (χ4n) is 0.804. The van der Waals surface area contributed by atoms with Crippen molar-refractivity contribution in [1.29, 1.82) is 0 Å². The zero-order chi connectivity index (χ0) is 7.82. The summed E-state index contributed by atoms with van der Waals surface area (Å²) in [6.07, 6.45) is 3.26. The Morgan fingerprint density at radius 3 is 2.27 bits per heavy atom. The van der Waals surface area contributed by atoms with Crippen molar-refractivity contribution < 1.29 is 5.11 Å². The Morgan fingerprint density at radius 2 is 1.82 bits per heavy atom. The van der Waals surface area contributed by atoms with Gasteiger partial charge >= 0.3 is 0 Å². The Balaban J connectivity index is 0. The summed E-state index contributed by atoms with van der Waals surface area (Å²) in [5.41, 5.74) is 0. The highest BCUT2D eigenvalue weighted by Gasteiger charge is 1.90. The monoisotopic (exact) mass is 181 g/mol. The molecule has 0 aromatic heterocycles. The summed E-state index contributed by atoms with van der Waals surface area (Å²) in [6.45, 7) is 5.71. The minimum Gasteiger partial charge on any atom is -0.396 e. The zero-order valence-corrected chi connectivity index (χ0v) is 8.28. The number of nitrogens with one attached hydrogen (secondary N) is 1. The first-order valence-electron chi connectivity index (χ1n) is 4.11. The van der Waals surface area contributed by atoms with E-state index in [0.29, 0.717) is 12.6 Å². The molecule has 2 N–H and O–H groups in total. The number of aliphatic hydroxyl groups is 1. The maximum absolute atomic E-state index is 8.45. The van der Waals surface area contributed by atoms with Crippen LogP contribution in [0.25, 0.3) is 0 Å². The van der Waals surface area contributed by atoms with Gasteiger partial charge in [0, 0.05) is 12.6 Å². The molecular weight excluding hydrogens is 162 g/mol. The second-order valence-corrected chi connectivity index (χ2v) is 2.89. The molecule has 0 unspecified atom stereocenters. The van der Waals surface area contributed by atoms with Crippen LogP contribution in [0.2, 0.25) is 0 Å². The van der Waals surface area contributed by atoms with Gasteiger partial charge in [-0.05, 0) is 25.8 Å². The summed E-state index contributed by atoms with van der Waals surface area (Å²) in [5, 5.41) is 11.8. The second-order valence-electron chi connectivity index (χ2n) is 2.89. The van der Waals surface area contributed by atoms with E-state index in [2.05, 4.69) is 19.2 Å². The first-order valence-corrected chi connectivity index (χ1v) is 4.11. The van der Waals surface area contributed by atoms with Gasteiger partial charge in [-0.15, -0.1) is 12.4 Å². The summed E-state index contributed by atoms with van der Waals surface area (Å²) in [4.78, 5) is 0. The van der Waals surface area contributed by atoms with E-state index in [1.54, 1.807) is 0 Å². The van der Waals surface area contributed by atoms with Crippen LogP contribution in [0, 0.1) is 0 Å². The number of hydrogen-bond donors (Lipinski definition) is 2. The summed E-state index contributed by atoms with van der Waals surface area (Å²) in [7, 11) is 0. The van der Waals surface area contributed by atoms with Crippen LogP contribution in [0.4, 0.5) is 0 Å². The van der Waals surface area contributed by atoms with Gasteiger partial charge in [0.15, 0.2) is 0 Å². The third-order valence-electron chi connectivity index (χ3n) is 1.39. The van der Waals surface area contributed by atoms with Gasteiger partial charge in [0.25, 0.3) is 0 Å². The molecule has 0 amide bonds. The summed E-state index contributed by atoms with van der Waals surface area (Å²) < 4.78 is 0. The van der Waals surface area contributed by atoms with E-state index in [1.807, 2.05) is 0 Å². The SMILES string of the molecule is CC(C)NCCCCCO.Cl. The molecule has 0 saturated carbocycles. The number of halogens is 1. The smallest absolute Gasteiger partial charge is 0.0431 e.